The second-order valence-corrected chi connectivity index (χ2v) is 5.70. The maximum absolute atomic E-state index is 9.58. The Balaban J connectivity index is 2.27. The number of phenolic OH excluding ortho intramolecular Hbond substituents is 2. The Morgan fingerprint density at radius 2 is 1.86 bits per heavy atom. The van der Waals surface area contributed by atoms with Crippen molar-refractivity contribution in [3.8, 4) is 11.5 Å². The number of ether oxygens (including phenoxy) is 1. The zero-order valence-electron chi connectivity index (χ0n) is 11.9. The lowest BCUT2D eigenvalue weighted by Crippen LogP contribution is -2.09. The van der Waals surface area contributed by atoms with Crippen molar-refractivity contribution in [3.05, 3.63) is 52.0 Å². The zero-order valence-corrected chi connectivity index (χ0v) is 13.5. The van der Waals surface area contributed by atoms with Gasteiger partial charge >= 0.3 is 0 Å². The van der Waals surface area contributed by atoms with Crippen molar-refractivity contribution in [1.82, 2.24) is 0 Å². The van der Waals surface area contributed by atoms with E-state index in [-0.39, 0.29) is 17.5 Å². The van der Waals surface area contributed by atoms with Crippen LogP contribution in [-0.4, -0.2) is 17.3 Å². The second kappa shape index (κ2) is 6.83. The van der Waals surface area contributed by atoms with Gasteiger partial charge in [-0.2, -0.15) is 0 Å². The van der Waals surface area contributed by atoms with E-state index in [1.54, 1.807) is 19.2 Å². The van der Waals surface area contributed by atoms with Crippen molar-refractivity contribution in [2.45, 2.75) is 19.6 Å². The van der Waals surface area contributed by atoms with Crippen molar-refractivity contribution < 1.29 is 14.9 Å². The number of phenols is 2. The molecule has 21 heavy (non-hydrogen) atoms. The van der Waals surface area contributed by atoms with Gasteiger partial charge in [-0.1, -0.05) is 22.0 Å². The van der Waals surface area contributed by atoms with E-state index in [9.17, 15) is 10.2 Å². The lowest BCUT2D eigenvalue weighted by molar-refractivity contribution is 0.185. The van der Waals surface area contributed by atoms with Crippen LogP contribution in [0.1, 0.15) is 24.1 Å². The number of aromatic hydroxyl groups is 2. The van der Waals surface area contributed by atoms with Gasteiger partial charge in [0.25, 0.3) is 0 Å². The van der Waals surface area contributed by atoms with Gasteiger partial charge in [0, 0.05) is 34.9 Å². The van der Waals surface area contributed by atoms with E-state index in [4.69, 9.17) is 4.74 Å². The third-order valence-electron chi connectivity index (χ3n) is 3.20. The highest BCUT2D eigenvalue weighted by molar-refractivity contribution is 9.10. The highest BCUT2D eigenvalue weighted by Crippen LogP contribution is 2.31. The minimum Gasteiger partial charge on any atom is -0.508 e. The predicted molar refractivity (Wildman–Crippen MR) is 86.7 cm³/mol. The van der Waals surface area contributed by atoms with Gasteiger partial charge in [-0.05, 0) is 36.8 Å². The van der Waals surface area contributed by atoms with Gasteiger partial charge in [0.05, 0.1) is 6.61 Å². The van der Waals surface area contributed by atoms with Gasteiger partial charge < -0.3 is 20.3 Å². The fourth-order valence-electron chi connectivity index (χ4n) is 2.17. The maximum Gasteiger partial charge on any atom is 0.119 e. The van der Waals surface area contributed by atoms with Crippen LogP contribution in [-0.2, 0) is 11.3 Å². The summed E-state index contributed by atoms with van der Waals surface area (Å²) < 4.78 is 6.20. The van der Waals surface area contributed by atoms with Crippen LogP contribution >= 0.6 is 15.9 Å². The molecule has 0 amide bonds. The van der Waals surface area contributed by atoms with Crippen LogP contribution in [0.5, 0.6) is 11.5 Å². The van der Waals surface area contributed by atoms with E-state index in [1.807, 2.05) is 25.1 Å². The zero-order chi connectivity index (χ0) is 15.4. The van der Waals surface area contributed by atoms with E-state index in [1.165, 1.54) is 6.07 Å². The van der Waals surface area contributed by atoms with Crippen LogP contribution in [0, 0.1) is 0 Å². The van der Waals surface area contributed by atoms with E-state index in [0.717, 1.165) is 21.3 Å². The average Bonchev–Trinajstić information content (AvgIpc) is 2.41. The minimum absolute atomic E-state index is 0.0463. The number of rotatable bonds is 5. The Hall–Kier alpha value is -1.72. The van der Waals surface area contributed by atoms with Crippen LogP contribution in [0.4, 0.5) is 5.69 Å². The highest BCUT2D eigenvalue weighted by atomic mass is 79.9. The molecule has 0 spiro atoms. The third kappa shape index (κ3) is 3.89. The minimum atomic E-state index is -0.0760. The Bertz CT molecular complexity index is 611. The molecule has 0 bridgehead atoms. The van der Waals surface area contributed by atoms with Gasteiger partial charge in [0.15, 0.2) is 0 Å². The molecule has 1 atom stereocenters. The molecule has 0 aliphatic rings. The van der Waals surface area contributed by atoms with Gasteiger partial charge in [-0.3, -0.25) is 0 Å². The van der Waals surface area contributed by atoms with Crippen LogP contribution in [0.2, 0.25) is 0 Å². The smallest absolute Gasteiger partial charge is 0.119 e. The van der Waals surface area contributed by atoms with Crippen molar-refractivity contribution >= 4 is 21.6 Å². The van der Waals surface area contributed by atoms with Crippen molar-refractivity contribution in [2.75, 3.05) is 12.4 Å². The number of nitrogens with one attached hydrogen (secondary N) is 1. The van der Waals surface area contributed by atoms with Crippen molar-refractivity contribution in [2.24, 2.45) is 0 Å². The number of halogens is 1. The monoisotopic (exact) mass is 351 g/mol. The lowest BCUT2D eigenvalue weighted by Gasteiger charge is -2.19. The first-order chi connectivity index (χ1) is 10.0. The Morgan fingerprint density at radius 1 is 1.19 bits per heavy atom. The lowest BCUT2D eigenvalue weighted by atomic mass is 10.1. The fraction of sp³-hybridized carbons (Fsp3) is 0.250. The molecular formula is C16H18BrNO3. The molecule has 5 heteroatoms. The summed E-state index contributed by atoms with van der Waals surface area (Å²) in [7, 11) is 1.65. The predicted octanol–water partition coefficient (Wildman–Crippen LogP) is 4.18. The molecule has 0 heterocycles. The van der Waals surface area contributed by atoms with Gasteiger partial charge in [-0.15, -0.1) is 0 Å². The largest absolute Gasteiger partial charge is 0.508 e. The SMILES string of the molecule is COCc1c(Br)cccc1NC(C)c1cc(O)cc(O)c1. The van der Waals surface area contributed by atoms with Crippen molar-refractivity contribution in [1.29, 1.82) is 0 Å². The summed E-state index contributed by atoms with van der Waals surface area (Å²) in [6.45, 7) is 2.45. The summed E-state index contributed by atoms with van der Waals surface area (Å²) in [5.74, 6) is 0.0926. The molecule has 0 saturated carbocycles. The topological polar surface area (TPSA) is 61.7 Å². The Labute approximate surface area is 132 Å². The summed E-state index contributed by atoms with van der Waals surface area (Å²) >= 11 is 3.52. The first-order valence-electron chi connectivity index (χ1n) is 6.57. The molecule has 0 aromatic heterocycles. The normalized spacial score (nSPS) is 12.1. The summed E-state index contributed by atoms with van der Waals surface area (Å²) in [5, 5.41) is 22.5. The van der Waals surface area contributed by atoms with E-state index in [0.29, 0.717) is 6.61 Å². The standard InChI is InChI=1S/C16H18BrNO3/c1-10(11-6-12(19)8-13(20)7-11)18-16-5-3-4-15(17)14(16)9-21-2/h3-8,10,18-20H,9H2,1-2H3. The highest BCUT2D eigenvalue weighted by Gasteiger charge is 2.12. The fourth-order valence-corrected chi connectivity index (χ4v) is 2.65. The molecule has 0 fully saturated rings. The molecule has 0 aliphatic heterocycles. The first kappa shape index (κ1) is 15.7. The van der Waals surface area contributed by atoms with E-state index >= 15 is 0 Å². The number of anilines is 1. The Kier molecular flexibility index (Phi) is 5.09. The molecule has 2 rings (SSSR count). The number of hydrogen-bond acceptors (Lipinski definition) is 4. The summed E-state index contributed by atoms with van der Waals surface area (Å²) in [6, 6.07) is 10.4. The molecule has 1 unspecified atom stereocenters. The summed E-state index contributed by atoms with van der Waals surface area (Å²) in [6.07, 6.45) is 0. The number of hydrogen-bond donors (Lipinski definition) is 3. The molecule has 0 radical (unpaired) electrons. The summed E-state index contributed by atoms with van der Waals surface area (Å²) in [5.41, 5.74) is 2.77. The second-order valence-electron chi connectivity index (χ2n) is 4.85. The van der Waals surface area contributed by atoms with Gasteiger partial charge in [0.1, 0.15) is 11.5 Å². The van der Waals surface area contributed by atoms with Crippen LogP contribution in [0.25, 0.3) is 0 Å². The van der Waals surface area contributed by atoms with E-state index in [2.05, 4.69) is 21.2 Å². The number of methoxy groups -OCH3 is 1. The molecule has 2 aromatic carbocycles. The van der Waals surface area contributed by atoms with Gasteiger partial charge in [0.2, 0.25) is 0 Å². The number of benzene rings is 2. The summed E-state index contributed by atoms with van der Waals surface area (Å²) in [4.78, 5) is 0. The molecular weight excluding hydrogens is 334 g/mol. The van der Waals surface area contributed by atoms with Gasteiger partial charge in [-0.25, -0.2) is 0 Å². The third-order valence-corrected chi connectivity index (χ3v) is 3.95. The van der Waals surface area contributed by atoms with E-state index < -0.39 is 0 Å². The molecule has 0 saturated heterocycles. The molecule has 3 N–H and O–H groups in total. The first-order valence-corrected chi connectivity index (χ1v) is 7.36. The molecule has 2 aromatic rings. The Morgan fingerprint density at radius 3 is 2.48 bits per heavy atom. The molecule has 4 nitrogen and oxygen atoms in total. The average molecular weight is 352 g/mol. The maximum atomic E-state index is 9.58. The van der Waals surface area contributed by atoms with Crippen LogP contribution in [0.3, 0.4) is 0 Å². The van der Waals surface area contributed by atoms with Crippen LogP contribution < -0.4 is 5.32 Å². The molecule has 0 aliphatic carbocycles. The quantitative estimate of drug-likeness (QED) is 0.756. The van der Waals surface area contributed by atoms with Crippen LogP contribution in [0.15, 0.2) is 40.9 Å². The molecule has 112 valence electrons. The van der Waals surface area contributed by atoms with Crippen molar-refractivity contribution in [3.63, 3.8) is 0 Å².